The molecule has 1 aliphatic heterocycles. The molecular formula is C23H28ClN5O2. The molecule has 3 aromatic rings. The van der Waals surface area contributed by atoms with E-state index in [0.29, 0.717) is 28.1 Å². The van der Waals surface area contributed by atoms with Crippen molar-refractivity contribution in [1.29, 1.82) is 0 Å². The third-order valence-electron chi connectivity index (χ3n) is 6.72. The quantitative estimate of drug-likeness (QED) is 0.625. The number of rotatable bonds is 3. The van der Waals surface area contributed by atoms with E-state index in [1.54, 1.807) is 19.2 Å². The molecule has 1 fully saturated rings. The van der Waals surface area contributed by atoms with Gasteiger partial charge in [-0.15, -0.1) is 0 Å². The van der Waals surface area contributed by atoms with Crippen molar-refractivity contribution in [2.75, 3.05) is 11.4 Å². The molecule has 7 nitrogen and oxygen atoms in total. The zero-order valence-corrected chi connectivity index (χ0v) is 18.8. The molecule has 1 atom stereocenters. The molecule has 8 heteroatoms. The lowest BCUT2D eigenvalue weighted by Crippen LogP contribution is -2.45. The van der Waals surface area contributed by atoms with Crippen molar-refractivity contribution < 1.29 is 0 Å². The Kier molecular flexibility index (Phi) is 5.16. The Labute approximate surface area is 185 Å². The lowest BCUT2D eigenvalue weighted by atomic mass is 9.93. The molecular weight excluding hydrogens is 414 g/mol. The summed E-state index contributed by atoms with van der Waals surface area (Å²) in [4.78, 5) is 33.9. The van der Waals surface area contributed by atoms with Crippen LogP contribution in [0.15, 0.2) is 33.9 Å². The summed E-state index contributed by atoms with van der Waals surface area (Å²) in [6.07, 6.45) is 6.09. The Morgan fingerprint density at radius 1 is 1.13 bits per heavy atom. The van der Waals surface area contributed by atoms with Gasteiger partial charge in [0.15, 0.2) is 11.2 Å². The summed E-state index contributed by atoms with van der Waals surface area (Å²) in [6, 6.07) is 7.73. The Bertz CT molecular complexity index is 1250. The van der Waals surface area contributed by atoms with E-state index in [-0.39, 0.29) is 17.8 Å². The smallest absolute Gasteiger partial charge is 0.332 e. The molecule has 1 aromatic carbocycles. The van der Waals surface area contributed by atoms with Gasteiger partial charge >= 0.3 is 5.69 Å². The fourth-order valence-corrected chi connectivity index (χ4v) is 5.41. The number of anilines is 1. The van der Waals surface area contributed by atoms with Crippen LogP contribution in [0.25, 0.3) is 11.2 Å². The first-order valence-electron chi connectivity index (χ1n) is 11.1. The van der Waals surface area contributed by atoms with Gasteiger partial charge in [-0.25, -0.2) is 4.79 Å². The Morgan fingerprint density at radius 2 is 1.90 bits per heavy atom. The lowest BCUT2D eigenvalue weighted by Gasteiger charge is -2.40. The van der Waals surface area contributed by atoms with Crippen LogP contribution in [0, 0.1) is 5.92 Å². The second kappa shape index (κ2) is 7.86. The van der Waals surface area contributed by atoms with Crippen LogP contribution in [0.1, 0.15) is 44.6 Å². The molecule has 2 aromatic heterocycles. The van der Waals surface area contributed by atoms with Crippen molar-refractivity contribution >= 4 is 28.7 Å². The monoisotopic (exact) mass is 441 g/mol. The van der Waals surface area contributed by atoms with Crippen molar-refractivity contribution in [3.63, 3.8) is 0 Å². The highest BCUT2D eigenvalue weighted by atomic mass is 35.5. The van der Waals surface area contributed by atoms with Gasteiger partial charge in [0, 0.05) is 31.2 Å². The highest BCUT2D eigenvalue weighted by molar-refractivity contribution is 6.30. The number of hydrogen-bond acceptors (Lipinski definition) is 4. The van der Waals surface area contributed by atoms with E-state index in [1.165, 1.54) is 28.4 Å². The molecule has 0 radical (unpaired) electrons. The van der Waals surface area contributed by atoms with Gasteiger partial charge in [0.25, 0.3) is 5.56 Å². The Morgan fingerprint density at radius 3 is 2.65 bits per heavy atom. The van der Waals surface area contributed by atoms with Gasteiger partial charge in [-0.1, -0.05) is 49.9 Å². The van der Waals surface area contributed by atoms with Crippen molar-refractivity contribution in [3.8, 4) is 0 Å². The average molecular weight is 442 g/mol. The van der Waals surface area contributed by atoms with Gasteiger partial charge in [0.1, 0.15) is 0 Å². The summed E-state index contributed by atoms with van der Waals surface area (Å²) in [5, 5.41) is 0.585. The average Bonchev–Trinajstić information content (AvgIpc) is 3.15. The second-order valence-corrected chi connectivity index (χ2v) is 9.54. The minimum atomic E-state index is -0.356. The highest BCUT2D eigenvalue weighted by Crippen LogP contribution is 2.33. The van der Waals surface area contributed by atoms with Gasteiger partial charge < -0.3 is 9.47 Å². The molecule has 164 valence electrons. The number of nitrogens with zero attached hydrogens (tertiary/aromatic N) is 5. The molecule has 0 amide bonds. The fourth-order valence-electron chi connectivity index (χ4n) is 5.20. The predicted octanol–water partition coefficient (Wildman–Crippen LogP) is 3.39. The summed E-state index contributed by atoms with van der Waals surface area (Å²) < 4.78 is 4.86. The molecule has 2 aliphatic rings. The van der Waals surface area contributed by atoms with Crippen LogP contribution in [-0.2, 0) is 20.1 Å². The van der Waals surface area contributed by atoms with E-state index in [9.17, 15) is 9.59 Å². The maximum atomic E-state index is 13.6. The summed E-state index contributed by atoms with van der Waals surface area (Å²) in [7, 11) is 1.70. The van der Waals surface area contributed by atoms with Crippen LogP contribution >= 0.6 is 11.6 Å². The minimum Gasteiger partial charge on any atom is -0.339 e. The standard InChI is InChI=1S/C23H28ClN5O2/c1-15-12-27(18-9-4-3-5-10-18)22-25-20-19(28(22)13-15)21(30)29(23(31)26(20)2)14-16-7-6-8-17(24)11-16/h6-8,11,15,18H,3-5,9-10,12-14H2,1-2H3/t15-/m0/s1. The minimum absolute atomic E-state index is 0.185. The number of fused-ring (bicyclic) bond motifs is 3. The van der Waals surface area contributed by atoms with Crippen LogP contribution in [0.3, 0.4) is 0 Å². The van der Waals surface area contributed by atoms with Crippen LogP contribution in [0.4, 0.5) is 5.95 Å². The zero-order valence-electron chi connectivity index (χ0n) is 18.1. The molecule has 0 saturated heterocycles. The number of imidazole rings is 1. The second-order valence-electron chi connectivity index (χ2n) is 9.11. The number of hydrogen-bond donors (Lipinski definition) is 0. The van der Waals surface area contributed by atoms with Gasteiger partial charge in [-0.3, -0.25) is 13.9 Å². The molecule has 0 bridgehead atoms. The van der Waals surface area contributed by atoms with E-state index in [4.69, 9.17) is 16.6 Å². The molecule has 0 spiro atoms. The molecule has 1 aliphatic carbocycles. The molecule has 0 N–H and O–H groups in total. The maximum Gasteiger partial charge on any atom is 0.332 e. The molecule has 3 heterocycles. The van der Waals surface area contributed by atoms with E-state index >= 15 is 0 Å². The summed E-state index contributed by atoms with van der Waals surface area (Å²) >= 11 is 6.11. The van der Waals surface area contributed by atoms with E-state index in [1.807, 2.05) is 16.7 Å². The van der Waals surface area contributed by atoms with Gasteiger partial charge in [0.05, 0.1) is 6.54 Å². The van der Waals surface area contributed by atoms with E-state index < -0.39 is 0 Å². The maximum absolute atomic E-state index is 13.6. The fraction of sp³-hybridized carbons (Fsp3) is 0.522. The number of aryl methyl sites for hydroxylation is 1. The third-order valence-corrected chi connectivity index (χ3v) is 6.95. The van der Waals surface area contributed by atoms with E-state index in [2.05, 4.69) is 11.8 Å². The van der Waals surface area contributed by atoms with Gasteiger partial charge in [0.2, 0.25) is 5.95 Å². The van der Waals surface area contributed by atoms with Crippen LogP contribution in [0.5, 0.6) is 0 Å². The first-order valence-corrected chi connectivity index (χ1v) is 11.5. The topological polar surface area (TPSA) is 65.1 Å². The normalized spacial score (nSPS) is 19.7. The van der Waals surface area contributed by atoms with Crippen LogP contribution in [-0.4, -0.2) is 31.3 Å². The third kappa shape index (κ3) is 3.49. The molecule has 0 unspecified atom stereocenters. The van der Waals surface area contributed by atoms with E-state index in [0.717, 1.165) is 37.4 Å². The lowest BCUT2D eigenvalue weighted by molar-refractivity contribution is 0.354. The molecule has 31 heavy (non-hydrogen) atoms. The number of halogens is 1. The predicted molar refractivity (Wildman–Crippen MR) is 123 cm³/mol. The van der Waals surface area contributed by atoms with Crippen LogP contribution < -0.4 is 16.1 Å². The first-order chi connectivity index (χ1) is 14.9. The van der Waals surface area contributed by atoms with Gasteiger partial charge in [-0.05, 0) is 36.5 Å². The molecule has 5 rings (SSSR count). The van der Waals surface area contributed by atoms with Crippen LogP contribution in [0.2, 0.25) is 5.02 Å². The number of aromatic nitrogens is 4. The van der Waals surface area contributed by atoms with Gasteiger partial charge in [-0.2, -0.15) is 4.98 Å². The SMILES string of the molecule is C[C@H]1CN(C2CCCCC2)c2nc3c(c(=O)n(Cc4cccc(Cl)c4)c(=O)n3C)n2C1. The zero-order chi connectivity index (χ0) is 21.7. The summed E-state index contributed by atoms with van der Waals surface area (Å²) in [5.74, 6) is 1.25. The first kappa shape index (κ1) is 20.4. The van der Waals surface area contributed by atoms with Crippen molar-refractivity contribution in [3.05, 3.63) is 55.7 Å². The largest absolute Gasteiger partial charge is 0.339 e. The summed E-state index contributed by atoms with van der Waals surface area (Å²) in [6.45, 7) is 4.08. The highest BCUT2D eigenvalue weighted by Gasteiger charge is 2.33. The molecule has 1 saturated carbocycles. The van der Waals surface area contributed by atoms with Crippen molar-refractivity contribution in [1.82, 2.24) is 18.7 Å². The van der Waals surface area contributed by atoms with Crippen molar-refractivity contribution in [2.24, 2.45) is 13.0 Å². The Balaban J connectivity index is 1.67. The summed E-state index contributed by atoms with van der Waals surface area (Å²) in [5.41, 5.74) is 1.18. The van der Waals surface area contributed by atoms with Crippen molar-refractivity contribution in [2.45, 2.75) is 58.2 Å². The Hall–Kier alpha value is -2.54. The number of benzene rings is 1.